The molecule has 0 saturated heterocycles. The fourth-order valence-electron chi connectivity index (χ4n) is 3.35. The molecule has 3 aromatic rings. The molecule has 1 aliphatic rings. The molecule has 9 heteroatoms. The number of aromatic nitrogens is 3. The summed E-state index contributed by atoms with van der Waals surface area (Å²) in [6.45, 7) is 1.61. The lowest BCUT2D eigenvalue weighted by atomic mass is 10.2. The maximum atomic E-state index is 13.8. The summed E-state index contributed by atoms with van der Waals surface area (Å²) in [5.41, 5.74) is 1.22. The smallest absolute Gasteiger partial charge is 0.278 e. The SMILES string of the molecule is COCCCNC(=O)Cn1c2ccc(F)cc2c2nc3n(c(=O)c21)CCS3. The Morgan fingerprint density at radius 3 is 3.11 bits per heavy atom. The van der Waals surface area contributed by atoms with Crippen LogP contribution in [0.5, 0.6) is 0 Å². The van der Waals surface area contributed by atoms with Crippen LogP contribution in [0, 0.1) is 5.82 Å². The first-order valence-electron chi connectivity index (χ1n) is 8.71. The third kappa shape index (κ3) is 3.21. The topological polar surface area (TPSA) is 78.2 Å². The number of hydrogen-bond acceptors (Lipinski definition) is 5. The van der Waals surface area contributed by atoms with Crippen molar-refractivity contribution in [3.05, 3.63) is 34.4 Å². The van der Waals surface area contributed by atoms with Gasteiger partial charge in [0.05, 0.1) is 5.52 Å². The van der Waals surface area contributed by atoms with Gasteiger partial charge >= 0.3 is 0 Å². The van der Waals surface area contributed by atoms with Crippen LogP contribution in [0.25, 0.3) is 21.9 Å². The Morgan fingerprint density at radius 2 is 2.30 bits per heavy atom. The predicted molar refractivity (Wildman–Crippen MR) is 102 cm³/mol. The number of benzene rings is 1. The summed E-state index contributed by atoms with van der Waals surface area (Å²) in [5, 5.41) is 4.01. The van der Waals surface area contributed by atoms with Gasteiger partial charge in [-0.05, 0) is 24.6 Å². The molecule has 0 atom stereocenters. The number of carbonyl (C=O) groups is 1. The van der Waals surface area contributed by atoms with Crippen molar-refractivity contribution in [3.8, 4) is 0 Å². The van der Waals surface area contributed by atoms with Crippen molar-refractivity contribution in [2.75, 3.05) is 26.0 Å². The van der Waals surface area contributed by atoms with E-state index in [4.69, 9.17) is 4.74 Å². The Kier molecular flexibility index (Phi) is 4.88. The van der Waals surface area contributed by atoms with Gasteiger partial charge < -0.3 is 14.6 Å². The second-order valence-electron chi connectivity index (χ2n) is 6.34. The normalized spacial score (nSPS) is 13.4. The maximum Gasteiger partial charge on any atom is 0.278 e. The number of carbonyl (C=O) groups excluding carboxylic acids is 1. The average Bonchev–Trinajstić information content (AvgIpc) is 3.23. The van der Waals surface area contributed by atoms with Crippen molar-refractivity contribution in [2.45, 2.75) is 24.7 Å². The number of hydrogen-bond donors (Lipinski definition) is 1. The molecule has 1 aliphatic heterocycles. The molecule has 0 unspecified atom stereocenters. The highest BCUT2D eigenvalue weighted by molar-refractivity contribution is 7.99. The van der Waals surface area contributed by atoms with Crippen molar-refractivity contribution in [2.24, 2.45) is 0 Å². The molecule has 0 radical (unpaired) electrons. The van der Waals surface area contributed by atoms with E-state index in [-0.39, 0.29) is 18.0 Å². The van der Waals surface area contributed by atoms with E-state index in [1.807, 2.05) is 0 Å². The van der Waals surface area contributed by atoms with Gasteiger partial charge in [-0.25, -0.2) is 9.37 Å². The molecule has 27 heavy (non-hydrogen) atoms. The third-order valence-electron chi connectivity index (χ3n) is 4.58. The maximum absolute atomic E-state index is 13.8. The molecule has 0 bridgehead atoms. The van der Waals surface area contributed by atoms with Crippen molar-refractivity contribution in [1.82, 2.24) is 19.4 Å². The molecule has 7 nitrogen and oxygen atoms in total. The number of nitrogens with zero attached hydrogens (tertiary/aromatic N) is 3. The van der Waals surface area contributed by atoms with Crippen LogP contribution in [-0.4, -0.2) is 46.0 Å². The van der Waals surface area contributed by atoms with Gasteiger partial charge in [-0.1, -0.05) is 11.8 Å². The number of amides is 1. The zero-order chi connectivity index (χ0) is 19.0. The second-order valence-corrected chi connectivity index (χ2v) is 7.40. The number of nitrogens with one attached hydrogen (secondary N) is 1. The number of halogens is 1. The third-order valence-corrected chi connectivity index (χ3v) is 5.54. The summed E-state index contributed by atoms with van der Waals surface area (Å²) in [6, 6.07) is 4.29. The Hall–Kier alpha value is -2.39. The summed E-state index contributed by atoms with van der Waals surface area (Å²) in [4.78, 5) is 30.0. The van der Waals surface area contributed by atoms with Crippen molar-refractivity contribution >= 4 is 39.6 Å². The van der Waals surface area contributed by atoms with Crippen LogP contribution in [0.1, 0.15) is 6.42 Å². The van der Waals surface area contributed by atoms with E-state index in [0.29, 0.717) is 53.2 Å². The van der Waals surface area contributed by atoms with Gasteiger partial charge in [0.25, 0.3) is 5.56 Å². The zero-order valence-electron chi connectivity index (χ0n) is 14.8. The molecule has 0 saturated carbocycles. The highest BCUT2D eigenvalue weighted by Crippen LogP contribution is 2.30. The molecule has 1 amide bonds. The quantitative estimate of drug-likeness (QED) is 0.513. The fourth-order valence-corrected chi connectivity index (χ4v) is 4.30. The molecule has 1 N–H and O–H groups in total. The van der Waals surface area contributed by atoms with E-state index in [1.165, 1.54) is 23.9 Å². The molecular weight excluding hydrogens is 371 g/mol. The first-order valence-corrected chi connectivity index (χ1v) is 9.69. The Bertz CT molecular complexity index is 1090. The summed E-state index contributed by atoms with van der Waals surface area (Å²) in [5.74, 6) is 0.162. The molecule has 2 aromatic heterocycles. The van der Waals surface area contributed by atoms with E-state index < -0.39 is 5.82 Å². The van der Waals surface area contributed by atoms with Crippen LogP contribution < -0.4 is 10.9 Å². The zero-order valence-corrected chi connectivity index (χ0v) is 15.6. The number of fused-ring (bicyclic) bond motifs is 4. The van der Waals surface area contributed by atoms with Crippen molar-refractivity contribution < 1.29 is 13.9 Å². The van der Waals surface area contributed by atoms with Gasteiger partial charge in [-0.15, -0.1) is 0 Å². The van der Waals surface area contributed by atoms with Gasteiger partial charge in [0.15, 0.2) is 5.16 Å². The number of methoxy groups -OCH3 is 1. The first kappa shape index (κ1) is 18.0. The van der Waals surface area contributed by atoms with Gasteiger partial charge in [-0.3, -0.25) is 14.2 Å². The molecular formula is C18H19FN4O3S. The van der Waals surface area contributed by atoms with Gasteiger partial charge in [0, 0.05) is 37.9 Å². The van der Waals surface area contributed by atoms with Crippen LogP contribution in [0.2, 0.25) is 0 Å². The van der Waals surface area contributed by atoms with E-state index in [2.05, 4.69) is 10.3 Å². The van der Waals surface area contributed by atoms with E-state index in [1.54, 1.807) is 22.3 Å². The van der Waals surface area contributed by atoms with E-state index in [0.717, 1.165) is 5.75 Å². The summed E-state index contributed by atoms with van der Waals surface area (Å²) < 4.78 is 22.1. The largest absolute Gasteiger partial charge is 0.385 e. The predicted octanol–water partition coefficient (Wildman–Crippen LogP) is 1.75. The van der Waals surface area contributed by atoms with Crippen LogP contribution in [-0.2, 0) is 22.6 Å². The summed E-state index contributed by atoms with van der Waals surface area (Å²) >= 11 is 1.51. The van der Waals surface area contributed by atoms with Crippen LogP contribution in [0.15, 0.2) is 28.2 Å². The summed E-state index contributed by atoms with van der Waals surface area (Å²) in [7, 11) is 1.61. The minimum atomic E-state index is -0.402. The second kappa shape index (κ2) is 7.32. The van der Waals surface area contributed by atoms with Crippen molar-refractivity contribution in [3.63, 3.8) is 0 Å². The standard InChI is InChI=1S/C18H19FN4O3S/c1-26-7-2-5-20-14(24)10-23-13-4-3-11(19)9-12(13)15-16(23)17(25)22-6-8-27-18(22)21-15/h3-4,9H,2,5-8,10H2,1H3,(H,20,24). The lowest BCUT2D eigenvalue weighted by molar-refractivity contribution is -0.121. The van der Waals surface area contributed by atoms with E-state index in [9.17, 15) is 14.0 Å². The lowest BCUT2D eigenvalue weighted by Gasteiger charge is -2.09. The Labute approximate surface area is 158 Å². The molecule has 0 fully saturated rings. The van der Waals surface area contributed by atoms with Gasteiger partial charge in [0.1, 0.15) is 23.4 Å². The Morgan fingerprint density at radius 1 is 1.44 bits per heavy atom. The van der Waals surface area contributed by atoms with Crippen LogP contribution in [0.4, 0.5) is 4.39 Å². The number of thioether (sulfide) groups is 1. The highest BCUT2D eigenvalue weighted by atomic mass is 32.2. The van der Waals surface area contributed by atoms with Crippen molar-refractivity contribution in [1.29, 1.82) is 0 Å². The molecule has 1 aromatic carbocycles. The van der Waals surface area contributed by atoms with Gasteiger partial charge in [-0.2, -0.15) is 0 Å². The molecule has 0 aliphatic carbocycles. The molecule has 3 heterocycles. The summed E-state index contributed by atoms with van der Waals surface area (Å²) in [6.07, 6.45) is 0.704. The lowest BCUT2D eigenvalue weighted by Crippen LogP contribution is -2.30. The molecule has 0 spiro atoms. The van der Waals surface area contributed by atoms with E-state index >= 15 is 0 Å². The molecule has 142 valence electrons. The fraction of sp³-hybridized carbons (Fsp3) is 0.389. The highest BCUT2D eigenvalue weighted by Gasteiger charge is 2.23. The molecule has 4 rings (SSSR count). The van der Waals surface area contributed by atoms with Crippen LogP contribution >= 0.6 is 11.8 Å². The minimum Gasteiger partial charge on any atom is -0.385 e. The Balaban J connectivity index is 1.80. The average molecular weight is 390 g/mol. The van der Waals surface area contributed by atoms with Crippen LogP contribution in [0.3, 0.4) is 0 Å². The van der Waals surface area contributed by atoms with Gasteiger partial charge in [0.2, 0.25) is 5.91 Å². The first-order chi connectivity index (χ1) is 13.1. The number of rotatable bonds is 6. The number of ether oxygens (including phenoxy) is 1. The monoisotopic (exact) mass is 390 g/mol. The minimum absolute atomic E-state index is 0.0258.